The minimum Gasteiger partial charge on any atom is -0.372 e. The zero-order chi connectivity index (χ0) is 12.5. The van der Waals surface area contributed by atoms with Crippen molar-refractivity contribution < 1.29 is 4.79 Å². The van der Waals surface area contributed by atoms with E-state index in [0.29, 0.717) is 0 Å². The summed E-state index contributed by atoms with van der Waals surface area (Å²) in [4.78, 5) is 15.9. The average Bonchev–Trinajstić information content (AvgIpc) is 2.91. The van der Waals surface area contributed by atoms with E-state index in [1.54, 1.807) is 6.92 Å². The molecule has 3 rings (SSSR count). The molecule has 0 atom stereocenters. The smallest absolute Gasteiger partial charge is 0.219 e. The largest absolute Gasteiger partial charge is 0.372 e. The van der Waals surface area contributed by atoms with Crippen LogP contribution in [-0.2, 0) is 17.8 Å². The third-order valence-corrected chi connectivity index (χ3v) is 4.12. The standard InChI is InChI=1S/C15H20N2O/c1-12(18)17-9-6-13-4-5-15(10-14(13)11-17)16-7-2-3-8-16/h4-5,10H,2-3,6-9,11H2,1H3. The Morgan fingerprint density at radius 3 is 2.61 bits per heavy atom. The van der Waals surface area contributed by atoms with Crippen LogP contribution in [0.3, 0.4) is 0 Å². The van der Waals surface area contributed by atoms with Gasteiger partial charge in [-0.05, 0) is 42.5 Å². The number of benzene rings is 1. The van der Waals surface area contributed by atoms with Gasteiger partial charge in [-0.3, -0.25) is 4.79 Å². The lowest BCUT2D eigenvalue weighted by Gasteiger charge is -2.29. The van der Waals surface area contributed by atoms with E-state index in [2.05, 4.69) is 23.1 Å². The lowest BCUT2D eigenvalue weighted by Crippen LogP contribution is -2.34. The van der Waals surface area contributed by atoms with Gasteiger partial charge in [0.1, 0.15) is 0 Å². The number of anilines is 1. The minimum atomic E-state index is 0.187. The summed E-state index contributed by atoms with van der Waals surface area (Å²) >= 11 is 0. The van der Waals surface area contributed by atoms with Crippen LogP contribution in [0.2, 0.25) is 0 Å². The summed E-state index contributed by atoms with van der Waals surface area (Å²) in [5.74, 6) is 0.187. The Hall–Kier alpha value is -1.51. The maximum Gasteiger partial charge on any atom is 0.219 e. The highest BCUT2D eigenvalue weighted by Gasteiger charge is 2.20. The average molecular weight is 244 g/mol. The van der Waals surface area contributed by atoms with Crippen molar-refractivity contribution in [3.63, 3.8) is 0 Å². The number of hydrogen-bond acceptors (Lipinski definition) is 2. The molecule has 0 aliphatic carbocycles. The van der Waals surface area contributed by atoms with E-state index in [1.807, 2.05) is 4.90 Å². The Morgan fingerprint density at radius 2 is 1.89 bits per heavy atom. The normalized spacial score (nSPS) is 18.9. The van der Waals surface area contributed by atoms with Gasteiger partial charge in [0.2, 0.25) is 5.91 Å². The van der Waals surface area contributed by atoms with E-state index >= 15 is 0 Å². The third kappa shape index (κ3) is 2.09. The molecule has 2 aliphatic heterocycles. The van der Waals surface area contributed by atoms with Crippen molar-refractivity contribution in [2.24, 2.45) is 0 Å². The Kier molecular flexibility index (Phi) is 2.98. The summed E-state index contributed by atoms with van der Waals surface area (Å²) in [5.41, 5.74) is 4.08. The first-order valence-corrected chi connectivity index (χ1v) is 6.86. The summed E-state index contributed by atoms with van der Waals surface area (Å²) in [6, 6.07) is 6.78. The lowest BCUT2D eigenvalue weighted by atomic mass is 9.99. The van der Waals surface area contributed by atoms with E-state index in [4.69, 9.17) is 0 Å². The summed E-state index contributed by atoms with van der Waals surface area (Å²) in [6.45, 7) is 5.66. The molecule has 0 N–H and O–H groups in total. The molecular weight excluding hydrogens is 224 g/mol. The Morgan fingerprint density at radius 1 is 1.11 bits per heavy atom. The topological polar surface area (TPSA) is 23.6 Å². The molecule has 3 heteroatoms. The van der Waals surface area contributed by atoms with Crippen molar-refractivity contribution in [1.29, 1.82) is 0 Å². The number of carbonyl (C=O) groups excluding carboxylic acids is 1. The van der Waals surface area contributed by atoms with Crippen LogP contribution in [0.1, 0.15) is 30.9 Å². The van der Waals surface area contributed by atoms with E-state index in [0.717, 1.165) is 19.5 Å². The number of carbonyl (C=O) groups is 1. The predicted molar refractivity (Wildman–Crippen MR) is 72.7 cm³/mol. The van der Waals surface area contributed by atoms with Gasteiger partial charge in [0, 0.05) is 38.8 Å². The molecule has 1 aromatic rings. The highest BCUT2D eigenvalue weighted by atomic mass is 16.2. The van der Waals surface area contributed by atoms with Crippen molar-refractivity contribution in [3.8, 4) is 0 Å². The highest BCUT2D eigenvalue weighted by Crippen LogP contribution is 2.26. The zero-order valence-corrected chi connectivity index (χ0v) is 11.0. The number of rotatable bonds is 1. The Labute approximate surface area is 108 Å². The number of fused-ring (bicyclic) bond motifs is 1. The molecule has 3 nitrogen and oxygen atoms in total. The molecule has 1 fully saturated rings. The molecule has 0 bridgehead atoms. The molecule has 1 aromatic carbocycles. The van der Waals surface area contributed by atoms with Gasteiger partial charge in [-0.2, -0.15) is 0 Å². The molecule has 96 valence electrons. The fourth-order valence-corrected chi connectivity index (χ4v) is 2.98. The van der Waals surface area contributed by atoms with Crippen molar-refractivity contribution in [2.75, 3.05) is 24.5 Å². The Bertz CT molecular complexity index is 464. The van der Waals surface area contributed by atoms with Gasteiger partial charge in [0.05, 0.1) is 0 Å². The van der Waals surface area contributed by atoms with Gasteiger partial charge in [-0.1, -0.05) is 6.07 Å². The van der Waals surface area contributed by atoms with Gasteiger partial charge in [-0.25, -0.2) is 0 Å². The van der Waals surface area contributed by atoms with Gasteiger partial charge < -0.3 is 9.80 Å². The van der Waals surface area contributed by atoms with Gasteiger partial charge in [0.25, 0.3) is 0 Å². The fraction of sp³-hybridized carbons (Fsp3) is 0.533. The summed E-state index contributed by atoms with van der Waals surface area (Å²) in [7, 11) is 0. The maximum absolute atomic E-state index is 11.5. The van der Waals surface area contributed by atoms with Gasteiger partial charge in [0.15, 0.2) is 0 Å². The second kappa shape index (κ2) is 4.63. The molecular formula is C15H20N2O. The lowest BCUT2D eigenvalue weighted by molar-refractivity contribution is -0.129. The number of amides is 1. The van der Waals surface area contributed by atoms with Crippen molar-refractivity contribution in [2.45, 2.75) is 32.7 Å². The second-order valence-corrected chi connectivity index (χ2v) is 5.34. The number of hydrogen-bond donors (Lipinski definition) is 0. The van der Waals surface area contributed by atoms with Crippen LogP contribution in [0.25, 0.3) is 0 Å². The van der Waals surface area contributed by atoms with Crippen LogP contribution < -0.4 is 4.90 Å². The molecule has 0 radical (unpaired) electrons. The molecule has 1 amide bonds. The third-order valence-electron chi connectivity index (χ3n) is 4.12. The highest BCUT2D eigenvalue weighted by molar-refractivity contribution is 5.73. The van der Waals surface area contributed by atoms with Crippen LogP contribution in [0.5, 0.6) is 0 Å². The van der Waals surface area contributed by atoms with E-state index in [9.17, 15) is 4.79 Å². The van der Waals surface area contributed by atoms with Crippen molar-refractivity contribution in [1.82, 2.24) is 4.90 Å². The predicted octanol–water partition coefficient (Wildman–Crippen LogP) is 2.19. The van der Waals surface area contributed by atoms with Gasteiger partial charge >= 0.3 is 0 Å². The van der Waals surface area contributed by atoms with Crippen LogP contribution in [0.15, 0.2) is 18.2 Å². The van der Waals surface area contributed by atoms with E-state index in [1.165, 1.54) is 42.7 Å². The first-order chi connectivity index (χ1) is 8.74. The molecule has 0 spiro atoms. The Balaban J connectivity index is 1.85. The SMILES string of the molecule is CC(=O)N1CCc2ccc(N3CCCC3)cc2C1. The van der Waals surface area contributed by atoms with E-state index < -0.39 is 0 Å². The van der Waals surface area contributed by atoms with Crippen molar-refractivity contribution >= 4 is 11.6 Å². The first-order valence-electron chi connectivity index (χ1n) is 6.86. The minimum absolute atomic E-state index is 0.187. The molecule has 2 heterocycles. The number of nitrogens with zero attached hydrogens (tertiary/aromatic N) is 2. The van der Waals surface area contributed by atoms with Crippen LogP contribution in [0.4, 0.5) is 5.69 Å². The van der Waals surface area contributed by atoms with Crippen LogP contribution in [0, 0.1) is 0 Å². The molecule has 18 heavy (non-hydrogen) atoms. The first kappa shape index (κ1) is 11.6. The molecule has 0 unspecified atom stereocenters. The maximum atomic E-state index is 11.5. The summed E-state index contributed by atoms with van der Waals surface area (Å²) in [5, 5.41) is 0. The zero-order valence-electron chi connectivity index (χ0n) is 11.0. The van der Waals surface area contributed by atoms with Gasteiger partial charge in [-0.15, -0.1) is 0 Å². The summed E-state index contributed by atoms with van der Waals surface area (Å²) < 4.78 is 0. The van der Waals surface area contributed by atoms with Crippen LogP contribution in [-0.4, -0.2) is 30.4 Å². The van der Waals surface area contributed by atoms with Crippen molar-refractivity contribution in [3.05, 3.63) is 29.3 Å². The second-order valence-electron chi connectivity index (χ2n) is 5.34. The fourth-order valence-electron chi connectivity index (χ4n) is 2.98. The monoisotopic (exact) mass is 244 g/mol. The quantitative estimate of drug-likeness (QED) is 0.756. The molecule has 1 saturated heterocycles. The molecule has 0 aromatic heterocycles. The van der Waals surface area contributed by atoms with E-state index in [-0.39, 0.29) is 5.91 Å². The molecule has 2 aliphatic rings. The summed E-state index contributed by atoms with van der Waals surface area (Å²) in [6.07, 6.45) is 3.60. The van der Waals surface area contributed by atoms with Crippen LogP contribution >= 0.6 is 0 Å². The molecule has 0 saturated carbocycles.